The number of ether oxygens (including phenoxy) is 1. The molecule has 0 N–H and O–H groups in total. The van der Waals surface area contributed by atoms with Crippen molar-refractivity contribution in [1.29, 1.82) is 0 Å². The number of aromatic nitrogens is 3. The third kappa shape index (κ3) is 4.50. The van der Waals surface area contributed by atoms with Crippen LogP contribution in [0.5, 0.6) is 5.75 Å². The van der Waals surface area contributed by atoms with E-state index in [2.05, 4.69) is 17.6 Å². The smallest absolute Gasteiger partial charge is 0.223 e. The van der Waals surface area contributed by atoms with E-state index in [9.17, 15) is 4.79 Å². The molecule has 6 heteroatoms. The molecule has 1 atom stereocenters. The molecule has 0 saturated carbocycles. The van der Waals surface area contributed by atoms with Crippen LogP contribution in [0.4, 0.5) is 0 Å². The molecule has 0 amide bonds. The predicted octanol–water partition coefficient (Wildman–Crippen LogP) is 5.41. The van der Waals surface area contributed by atoms with Gasteiger partial charge in [-0.2, -0.15) is 0 Å². The Hall–Kier alpha value is -3.57. The molecule has 0 saturated heterocycles. The van der Waals surface area contributed by atoms with Crippen LogP contribution in [0, 0.1) is 5.92 Å². The first kappa shape index (κ1) is 21.3. The number of nitrogens with zero attached hydrogens (tertiary/aromatic N) is 3. The number of hydrogen-bond acceptors (Lipinski definition) is 3. The summed E-state index contributed by atoms with van der Waals surface area (Å²) in [4.78, 5) is 17.2. The monoisotopic (exact) mass is 457 g/mol. The number of halogens is 1. The van der Waals surface area contributed by atoms with Crippen LogP contribution >= 0.6 is 11.6 Å². The molecule has 0 spiro atoms. The Morgan fingerprint density at radius 1 is 1.09 bits per heavy atom. The van der Waals surface area contributed by atoms with Crippen molar-refractivity contribution in [3.8, 4) is 5.75 Å². The second-order valence-corrected chi connectivity index (χ2v) is 8.75. The SMILES string of the molecule is CC1C=C(n2ccc(=O)c(OCc3ccccc3)c2)c2ncn(Cc3ccccc3Cl)c2C1. The average molecular weight is 458 g/mol. The lowest BCUT2D eigenvalue weighted by molar-refractivity contribution is 0.301. The molecule has 0 aliphatic heterocycles. The zero-order chi connectivity index (χ0) is 22.8. The average Bonchev–Trinajstić information content (AvgIpc) is 3.22. The van der Waals surface area contributed by atoms with Crippen molar-refractivity contribution in [3.05, 3.63) is 123 Å². The zero-order valence-corrected chi connectivity index (χ0v) is 19.1. The molecule has 4 aromatic rings. The Morgan fingerprint density at radius 3 is 2.70 bits per heavy atom. The van der Waals surface area contributed by atoms with Crippen LogP contribution in [-0.2, 0) is 19.6 Å². The molecule has 2 aromatic carbocycles. The van der Waals surface area contributed by atoms with Crippen molar-refractivity contribution in [2.24, 2.45) is 5.92 Å². The lowest BCUT2D eigenvalue weighted by Gasteiger charge is -2.22. The summed E-state index contributed by atoms with van der Waals surface area (Å²) in [6, 6.07) is 19.2. The lowest BCUT2D eigenvalue weighted by atomic mass is 9.95. The van der Waals surface area contributed by atoms with Gasteiger partial charge in [0.25, 0.3) is 0 Å². The normalized spacial score (nSPS) is 15.1. The molecule has 0 fully saturated rings. The van der Waals surface area contributed by atoms with Gasteiger partial charge in [0.05, 0.1) is 24.8 Å². The van der Waals surface area contributed by atoms with Crippen LogP contribution in [0.15, 0.2) is 90.3 Å². The van der Waals surface area contributed by atoms with E-state index in [-0.39, 0.29) is 5.43 Å². The van der Waals surface area contributed by atoms with Gasteiger partial charge in [-0.05, 0) is 29.5 Å². The van der Waals surface area contributed by atoms with Gasteiger partial charge in [0.15, 0.2) is 5.75 Å². The maximum absolute atomic E-state index is 12.4. The third-order valence-corrected chi connectivity index (χ3v) is 6.21. The van der Waals surface area contributed by atoms with E-state index in [1.807, 2.05) is 65.5 Å². The Labute approximate surface area is 197 Å². The van der Waals surface area contributed by atoms with Gasteiger partial charge in [-0.25, -0.2) is 4.98 Å². The van der Waals surface area contributed by atoms with Crippen molar-refractivity contribution < 1.29 is 4.74 Å². The molecule has 0 bridgehead atoms. The summed E-state index contributed by atoms with van der Waals surface area (Å²) >= 11 is 6.39. The summed E-state index contributed by atoms with van der Waals surface area (Å²) < 4.78 is 9.96. The summed E-state index contributed by atoms with van der Waals surface area (Å²) in [5, 5.41) is 0.750. The van der Waals surface area contributed by atoms with Gasteiger partial charge in [0, 0.05) is 23.0 Å². The van der Waals surface area contributed by atoms with E-state index in [0.717, 1.165) is 39.7 Å². The first-order valence-electron chi connectivity index (χ1n) is 11.0. The highest BCUT2D eigenvalue weighted by Crippen LogP contribution is 2.31. The molecule has 5 nitrogen and oxygen atoms in total. The predicted molar refractivity (Wildman–Crippen MR) is 130 cm³/mol. The minimum absolute atomic E-state index is 0.142. The minimum Gasteiger partial charge on any atom is -0.483 e. The van der Waals surface area contributed by atoms with Gasteiger partial charge >= 0.3 is 0 Å². The Morgan fingerprint density at radius 2 is 1.88 bits per heavy atom. The largest absolute Gasteiger partial charge is 0.483 e. The van der Waals surface area contributed by atoms with Crippen LogP contribution in [0.1, 0.15) is 29.4 Å². The van der Waals surface area contributed by atoms with Gasteiger partial charge in [0.1, 0.15) is 12.3 Å². The second kappa shape index (κ2) is 9.12. The lowest BCUT2D eigenvalue weighted by Crippen LogP contribution is -2.17. The molecular weight excluding hydrogens is 434 g/mol. The summed E-state index contributed by atoms with van der Waals surface area (Å²) in [7, 11) is 0. The van der Waals surface area contributed by atoms with Gasteiger partial charge in [-0.3, -0.25) is 4.79 Å². The molecule has 166 valence electrons. The molecule has 2 aromatic heterocycles. The van der Waals surface area contributed by atoms with Crippen molar-refractivity contribution in [2.45, 2.75) is 26.5 Å². The van der Waals surface area contributed by atoms with Crippen LogP contribution < -0.4 is 10.2 Å². The summed E-state index contributed by atoms with van der Waals surface area (Å²) in [5.74, 6) is 0.639. The maximum atomic E-state index is 12.4. The van der Waals surface area contributed by atoms with Gasteiger partial charge in [-0.1, -0.05) is 73.1 Å². The topological polar surface area (TPSA) is 49.1 Å². The molecule has 1 unspecified atom stereocenters. The number of hydrogen-bond donors (Lipinski definition) is 0. The number of imidazole rings is 1. The van der Waals surface area contributed by atoms with E-state index in [4.69, 9.17) is 21.3 Å². The van der Waals surface area contributed by atoms with Crippen molar-refractivity contribution in [1.82, 2.24) is 14.1 Å². The van der Waals surface area contributed by atoms with Crippen LogP contribution in [0.3, 0.4) is 0 Å². The van der Waals surface area contributed by atoms with Crippen molar-refractivity contribution in [3.63, 3.8) is 0 Å². The fourth-order valence-corrected chi connectivity index (χ4v) is 4.35. The number of benzene rings is 2. The van der Waals surface area contributed by atoms with Crippen LogP contribution in [0.25, 0.3) is 5.70 Å². The number of allylic oxidation sites excluding steroid dienone is 1. The summed E-state index contributed by atoms with van der Waals surface area (Å²) in [5.41, 5.74) is 4.95. The van der Waals surface area contributed by atoms with E-state index in [1.54, 1.807) is 18.5 Å². The van der Waals surface area contributed by atoms with Crippen molar-refractivity contribution >= 4 is 17.3 Å². The Kier molecular flexibility index (Phi) is 5.88. The molecule has 5 rings (SSSR count). The van der Waals surface area contributed by atoms with Crippen molar-refractivity contribution in [2.75, 3.05) is 0 Å². The molecule has 33 heavy (non-hydrogen) atoms. The Bertz CT molecular complexity index is 1370. The van der Waals surface area contributed by atoms with Crippen LogP contribution in [-0.4, -0.2) is 14.1 Å². The van der Waals surface area contributed by atoms with Gasteiger partial charge in [-0.15, -0.1) is 0 Å². The minimum atomic E-state index is -0.142. The molecule has 1 aliphatic carbocycles. The maximum Gasteiger partial charge on any atom is 0.223 e. The first-order chi connectivity index (χ1) is 16.1. The van der Waals surface area contributed by atoms with E-state index >= 15 is 0 Å². The molecule has 1 aliphatic rings. The van der Waals surface area contributed by atoms with E-state index < -0.39 is 0 Å². The highest BCUT2D eigenvalue weighted by Gasteiger charge is 2.23. The van der Waals surface area contributed by atoms with E-state index in [1.165, 1.54) is 0 Å². The summed E-state index contributed by atoms with van der Waals surface area (Å²) in [6.07, 6.45) is 8.49. The summed E-state index contributed by atoms with van der Waals surface area (Å²) in [6.45, 7) is 3.19. The standard InChI is InChI=1S/C27H24ClN3O2/c1-19-13-23(27-24(14-19)31(18-29-27)15-21-9-5-6-10-22(21)28)30-12-11-25(32)26(16-30)33-17-20-7-3-2-4-8-20/h2-13,16,18-19H,14-15,17H2,1H3. The molecular formula is C27H24ClN3O2. The highest BCUT2D eigenvalue weighted by atomic mass is 35.5. The number of rotatable bonds is 6. The fourth-order valence-electron chi connectivity index (χ4n) is 4.16. The van der Waals surface area contributed by atoms with E-state index in [0.29, 0.717) is 24.8 Å². The molecule has 2 heterocycles. The highest BCUT2D eigenvalue weighted by molar-refractivity contribution is 6.31. The quantitative estimate of drug-likeness (QED) is 0.389. The van der Waals surface area contributed by atoms with Crippen LogP contribution in [0.2, 0.25) is 5.02 Å². The number of pyridine rings is 1. The first-order valence-corrected chi connectivity index (χ1v) is 11.4. The van der Waals surface area contributed by atoms with Gasteiger partial charge < -0.3 is 13.9 Å². The zero-order valence-electron chi connectivity index (χ0n) is 18.3. The molecule has 0 radical (unpaired) electrons. The Balaban J connectivity index is 1.45. The number of fused-ring (bicyclic) bond motifs is 1. The second-order valence-electron chi connectivity index (χ2n) is 8.35. The van der Waals surface area contributed by atoms with Gasteiger partial charge in [0.2, 0.25) is 5.43 Å². The fraction of sp³-hybridized carbons (Fsp3) is 0.185. The third-order valence-electron chi connectivity index (χ3n) is 5.85.